The van der Waals surface area contributed by atoms with Crippen LogP contribution in [-0.2, 0) is 23.2 Å². The van der Waals surface area contributed by atoms with Crippen LogP contribution in [0.1, 0.15) is 56.8 Å². The highest BCUT2D eigenvalue weighted by Crippen LogP contribution is 2.27. The largest absolute Gasteiger partial charge is 0.378 e. The Morgan fingerprint density at radius 1 is 1.27 bits per heavy atom. The number of anilines is 1. The summed E-state index contributed by atoms with van der Waals surface area (Å²) in [6, 6.07) is 2.06. The molecule has 0 saturated carbocycles. The molecule has 7 heteroatoms. The van der Waals surface area contributed by atoms with Crippen LogP contribution in [0.15, 0.2) is 10.6 Å². The van der Waals surface area contributed by atoms with Crippen molar-refractivity contribution in [3.05, 3.63) is 29.3 Å². The highest BCUT2D eigenvalue weighted by molar-refractivity contribution is 5.41. The maximum Gasteiger partial charge on any atom is 0.223 e. The Kier molecular flexibility index (Phi) is 5.55. The van der Waals surface area contributed by atoms with Gasteiger partial charge in [-0.2, -0.15) is 4.98 Å². The van der Waals surface area contributed by atoms with E-state index in [2.05, 4.69) is 46.9 Å². The first-order chi connectivity index (χ1) is 12.3. The topological polar surface area (TPSA) is 77.2 Å². The number of nitrogens with zero attached hydrogens (tertiary/aromatic N) is 5. The Bertz CT molecular complexity index is 738. The minimum atomic E-state index is -0.101. The smallest absolute Gasteiger partial charge is 0.223 e. The second kappa shape index (κ2) is 7.70. The number of aromatic nitrogens is 4. The van der Waals surface area contributed by atoms with Crippen molar-refractivity contribution in [1.29, 1.82) is 0 Å². The van der Waals surface area contributed by atoms with Crippen LogP contribution in [-0.4, -0.2) is 40.3 Å². The van der Waals surface area contributed by atoms with Crippen molar-refractivity contribution in [3.63, 3.8) is 0 Å². The summed E-state index contributed by atoms with van der Waals surface area (Å²) in [4.78, 5) is 16.3. The van der Waals surface area contributed by atoms with Gasteiger partial charge in [0.1, 0.15) is 11.6 Å². The van der Waals surface area contributed by atoms with Gasteiger partial charge in [-0.1, -0.05) is 25.9 Å². The lowest BCUT2D eigenvalue weighted by Gasteiger charge is -2.34. The van der Waals surface area contributed by atoms with Gasteiger partial charge in [0, 0.05) is 45.0 Å². The second-order valence-electron chi connectivity index (χ2n) is 8.11. The third-order valence-electron chi connectivity index (χ3n) is 4.61. The van der Waals surface area contributed by atoms with E-state index in [1.54, 1.807) is 7.11 Å². The van der Waals surface area contributed by atoms with Crippen LogP contribution < -0.4 is 4.90 Å². The van der Waals surface area contributed by atoms with Crippen molar-refractivity contribution < 1.29 is 9.26 Å². The zero-order valence-corrected chi connectivity index (χ0v) is 16.4. The number of aryl methyl sites for hydroxylation is 1. The lowest BCUT2D eigenvalue weighted by molar-refractivity contribution is 0.181. The monoisotopic (exact) mass is 359 g/mol. The fourth-order valence-electron chi connectivity index (χ4n) is 3.32. The number of rotatable bonds is 5. The molecule has 0 N–H and O–H groups in total. The lowest BCUT2D eigenvalue weighted by atomic mass is 9.94. The van der Waals surface area contributed by atoms with E-state index in [-0.39, 0.29) is 5.41 Å². The number of hydrogen-bond donors (Lipinski definition) is 0. The minimum Gasteiger partial charge on any atom is -0.378 e. The summed E-state index contributed by atoms with van der Waals surface area (Å²) in [7, 11) is 1.70. The molecule has 3 rings (SSSR count). The molecule has 2 aromatic rings. The van der Waals surface area contributed by atoms with Crippen LogP contribution in [0.4, 0.5) is 5.82 Å². The molecular formula is C19H29N5O2. The predicted molar refractivity (Wildman–Crippen MR) is 99.1 cm³/mol. The molecule has 1 saturated heterocycles. The van der Waals surface area contributed by atoms with Gasteiger partial charge >= 0.3 is 0 Å². The fourth-order valence-corrected chi connectivity index (χ4v) is 3.32. The molecule has 0 aliphatic carbocycles. The van der Waals surface area contributed by atoms with Crippen molar-refractivity contribution in [3.8, 4) is 0 Å². The number of hydrogen-bond acceptors (Lipinski definition) is 7. The maximum absolute atomic E-state index is 5.30. The van der Waals surface area contributed by atoms with E-state index < -0.39 is 0 Å². The molecule has 0 aromatic carbocycles. The van der Waals surface area contributed by atoms with Crippen molar-refractivity contribution in [2.75, 3.05) is 25.1 Å². The zero-order chi connectivity index (χ0) is 18.7. The Labute approximate surface area is 155 Å². The van der Waals surface area contributed by atoms with E-state index in [0.29, 0.717) is 18.4 Å². The van der Waals surface area contributed by atoms with Crippen LogP contribution in [0.2, 0.25) is 0 Å². The van der Waals surface area contributed by atoms with Gasteiger partial charge < -0.3 is 14.2 Å². The average Bonchev–Trinajstić information content (AvgIpc) is 2.99. The highest BCUT2D eigenvalue weighted by atomic mass is 16.5. The summed E-state index contributed by atoms with van der Waals surface area (Å²) >= 11 is 0. The standard InChI is InChI=1S/C19H29N5O2/c1-13-20-16(23-26-13)9-14-7-6-8-24(11-14)17-10-15(12-25-5)21-18(22-17)19(2,3)4/h10,14H,6-9,11-12H2,1-5H3. The molecule has 0 radical (unpaired) electrons. The number of piperidine rings is 1. The van der Waals surface area contributed by atoms with Crippen molar-refractivity contribution in [2.24, 2.45) is 5.92 Å². The molecule has 3 heterocycles. The summed E-state index contributed by atoms with van der Waals surface area (Å²) in [5.41, 5.74) is 0.828. The minimum absolute atomic E-state index is 0.101. The Morgan fingerprint density at radius 2 is 2.08 bits per heavy atom. The summed E-state index contributed by atoms with van der Waals surface area (Å²) in [6.07, 6.45) is 3.15. The van der Waals surface area contributed by atoms with E-state index in [0.717, 1.165) is 49.1 Å². The molecule has 1 atom stereocenters. The Balaban J connectivity index is 1.79. The summed E-state index contributed by atoms with van der Waals surface area (Å²) in [5, 5.41) is 4.05. The van der Waals surface area contributed by atoms with E-state index in [1.807, 2.05) is 6.92 Å². The van der Waals surface area contributed by atoms with Gasteiger partial charge in [0.2, 0.25) is 5.89 Å². The molecule has 1 aliphatic heterocycles. The van der Waals surface area contributed by atoms with E-state index in [9.17, 15) is 0 Å². The molecule has 1 unspecified atom stereocenters. The molecular weight excluding hydrogens is 330 g/mol. The van der Waals surface area contributed by atoms with Crippen LogP contribution in [0.25, 0.3) is 0 Å². The van der Waals surface area contributed by atoms with Crippen molar-refractivity contribution in [1.82, 2.24) is 20.1 Å². The quantitative estimate of drug-likeness (QED) is 0.812. The van der Waals surface area contributed by atoms with Crippen LogP contribution in [0, 0.1) is 12.8 Å². The van der Waals surface area contributed by atoms with Crippen molar-refractivity contribution in [2.45, 2.75) is 59.0 Å². The number of ether oxygens (including phenoxy) is 1. The van der Waals surface area contributed by atoms with Gasteiger partial charge in [0.05, 0.1) is 12.3 Å². The molecule has 1 fully saturated rings. The molecule has 7 nitrogen and oxygen atoms in total. The molecule has 0 amide bonds. The van der Waals surface area contributed by atoms with Crippen LogP contribution >= 0.6 is 0 Å². The third kappa shape index (κ3) is 4.58. The maximum atomic E-state index is 5.30. The zero-order valence-electron chi connectivity index (χ0n) is 16.4. The Morgan fingerprint density at radius 3 is 2.73 bits per heavy atom. The van der Waals surface area contributed by atoms with Gasteiger partial charge in [-0.05, 0) is 18.8 Å². The van der Waals surface area contributed by atoms with Crippen LogP contribution in [0.3, 0.4) is 0 Å². The second-order valence-corrected chi connectivity index (χ2v) is 8.11. The van der Waals surface area contributed by atoms with Crippen molar-refractivity contribution >= 4 is 5.82 Å². The first-order valence-electron chi connectivity index (χ1n) is 9.26. The first kappa shape index (κ1) is 18.8. The summed E-state index contributed by atoms with van der Waals surface area (Å²) in [6.45, 7) is 10.7. The first-order valence-corrected chi connectivity index (χ1v) is 9.26. The third-order valence-corrected chi connectivity index (χ3v) is 4.61. The van der Waals surface area contributed by atoms with Gasteiger partial charge in [-0.25, -0.2) is 9.97 Å². The molecule has 0 bridgehead atoms. The SMILES string of the molecule is COCc1cc(N2CCCC(Cc3noc(C)n3)C2)nc(C(C)(C)C)n1. The average molecular weight is 359 g/mol. The van der Waals surface area contributed by atoms with E-state index >= 15 is 0 Å². The lowest BCUT2D eigenvalue weighted by Crippen LogP contribution is -2.37. The fraction of sp³-hybridized carbons (Fsp3) is 0.684. The summed E-state index contributed by atoms with van der Waals surface area (Å²) in [5.74, 6) is 3.78. The van der Waals surface area contributed by atoms with E-state index in [4.69, 9.17) is 14.2 Å². The normalized spacial score (nSPS) is 18.3. The summed E-state index contributed by atoms with van der Waals surface area (Å²) < 4.78 is 10.4. The highest BCUT2D eigenvalue weighted by Gasteiger charge is 2.25. The molecule has 26 heavy (non-hydrogen) atoms. The molecule has 2 aromatic heterocycles. The van der Waals surface area contributed by atoms with E-state index in [1.165, 1.54) is 6.42 Å². The van der Waals surface area contributed by atoms with Gasteiger partial charge in [-0.15, -0.1) is 0 Å². The molecule has 142 valence electrons. The molecule has 1 aliphatic rings. The molecule has 0 spiro atoms. The number of methoxy groups -OCH3 is 1. The van der Waals surface area contributed by atoms with Crippen LogP contribution in [0.5, 0.6) is 0 Å². The van der Waals surface area contributed by atoms with Gasteiger partial charge in [0.15, 0.2) is 5.82 Å². The predicted octanol–water partition coefficient (Wildman–Crippen LogP) is 3.07. The Hall–Kier alpha value is -2.02. The van der Waals surface area contributed by atoms with Gasteiger partial charge in [-0.3, -0.25) is 0 Å². The van der Waals surface area contributed by atoms with Gasteiger partial charge in [0.25, 0.3) is 0 Å².